The molecular weight excluding hydrogens is 737 g/mol. The van der Waals surface area contributed by atoms with E-state index >= 15 is 0 Å². The Morgan fingerprint density at radius 3 is 2.08 bits per heavy atom. The van der Waals surface area contributed by atoms with Crippen molar-refractivity contribution in [1.29, 1.82) is 0 Å². The number of piperazine rings is 1. The van der Waals surface area contributed by atoms with Crippen molar-refractivity contribution in [3.05, 3.63) is 66.0 Å². The van der Waals surface area contributed by atoms with Gasteiger partial charge in [-0.05, 0) is 19.1 Å². The van der Waals surface area contributed by atoms with Gasteiger partial charge in [0.1, 0.15) is 24.5 Å². The molecule has 1 saturated heterocycles. The third-order valence-electron chi connectivity index (χ3n) is 7.47. The molecule has 16 heteroatoms. The van der Waals surface area contributed by atoms with Crippen LogP contribution in [0.1, 0.15) is 26.5 Å². The van der Waals surface area contributed by atoms with Crippen LogP contribution in [0.3, 0.4) is 0 Å². The minimum absolute atomic E-state index is 0.106. The monoisotopic (exact) mass is 775 g/mol. The molecule has 0 aliphatic carbocycles. The normalized spacial score (nSPS) is 13.3. The van der Waals surface area contributed by atoms with Gasteiger partial charge in [0.15, 0.2) is 5.82 Å². The van der Waals surface area contributed by atoms with Gasteiger partial charge < -0.3 is 38.5 Å². The third kappa shape index (κ3) is 9.13. The number of nitrogens with zero attached hydrogens (tertiary/aromatic N) is 6. The van der Waals surface area contributed by atoms with Crippen LogP contribution in [0.5, 0.6) is 5.75 Å². The van der Waals surface area contributed by atoms with E-state index in [0.29, 0.717) is 91.2 Å². The molecule has 0 bridgehead atoms. The summed E-state index contributed by atoms with van der Waals surface area (Å²) >= 11 is 2.14. The lowest BCUT2D eigenvalue weighted by atomic mass is 10.1. The summed E-state index contributed by atoms with van der Waals surface area (Å²) in [5, 5.41) is 4.75. The first-order valence-corrected chi connectivity index (χ1v) is 17.1. The summed E-state index contributed by atoms with van der Waals surface area (Å²) in [6.45, 7) is 6.09. The molecular formula is C32H38IN7O8. The fourth-order valence-corrected chi connectivity index (χ4v) is 5.39. The zero-order valence-electron chi connectivity index (χ0n) is 26.6. The average Bonchev–Trinajstić information content (AvgIpc) is 3.77. The molecule has 1 aliphatic heterocycles. The van der Waals surface area contributed by atoms with E-state index in [1.165, 1.54) is 28.3 Å². The van der Waals surface area contributed by atoms with Crippen molar-refractivity contribution < 1.29 is 38.1 Å². The molecule has 4 heterocycles. The summed E-state index contributed by atoms with van der Waals surface area (Å²) in [4.78, 5) is 55.0. The van der Waals surface area contributed by atoms with Crippen LogP contribution in [0.25, 0.3) is 16.7 Å². The van der Waals surface area contributed by atoms with Gasteiger partial charge in [-0.3, -0.25) is 14.4 Å². The Hall–Kier alpha value is -3.97. The maximum Gasteiger partial charge on any atom is 0.295 e. The predicted octanol–water partition coefficient (Wildman–Crippen LogP) is 2.46. The molecule has 0 radical (unpaired) electrons. The number of fused-ring (bicyclic) bond motifs is 1. The molecule has 48 heavy (non-hydrogen) atoms. The number of benzene rings is 1. The summed E-state index contributed by atoms with van der Waals surface area (Å²) in [7, 11) is 0. The van der Waals surface area contributed by atoms with Crippen LogP contribution >= 0.6 is 22.6 Å². The smallest absolute Gasteiger partial charge is 0.295 e. The number of carbonyl (C=O) groups is 3. The number of hydrogen-bond acceptors (Lipinski definition) is 11. The maximum atomic E-state index is 13.7. The zero-order chi connectivity index (χ0) is 33.7. The zero-order valence-corrected chi connectivity index (χ0v) is 28.8. The number of nitrogens with one attached hydrogen (secondary N) is 1. The minimum atomic E-state index is -0.698. The molecule has 1 N–H and O–H groups in total. The van der Waals surface area contributed by atoms with Crippen LogP contribution in [0.15, 0.2) is 49.1 Å². The number of amides is 2. The van der Waals surface area contributed by atoms with E-state index in [4.69, 9.17) is 23.7 Å². The topological polar surface area (TPSA) is 163 Å². The molecule has 15 nitrogen and oxygen atoms in total. The van der Waals surface area contributed by atoms with E-state index < -0.39 is 11.7 Å². The van der Waals surface area contributed by atoms with Gasteiger partial charge in [0.05, 0.1) is 73.5 Å². The number of aromatic amines is 1. The number of alkyl halides is 1. The van der Waals surface area contributed by atoms with E-state index in [2.05, 4.69) is 42.6 Å². The molecule has 5 rings (SSSR count). The van der Waals surface area contributed by atoms with Crippen LogP contribution in [0, 0.1) is 6.92 Å². The lowest BCUT2D eigenvalue weighted by Gasteiger charge is -2.34. The molecule has 0 spiro atoms. The number of pyridine rings is 1. The average molecular weight is 776 g/mol. The number of ketones is 1. The lowest BCUT2D eigenvalue weighted by Crippen LogP contribution is -2.52. The van der Waals surface area contributed by atoms with Gasteiger partial charge in [0.25, 0.3) is 17.6 Å². The van der Waals surface area contributed by atoms with Crippen LogP contribution < -0.4 is 4.74 Å². The van der Waals surface area contributed by atoms with Gasteiger partial charge >= 0.3 is 0 Å². The highest BCUT2D eigenvalue weighted by molar-refractivity contribution is 14.1. The summed E-state index contributed by atoms with van der Waals surface area (Å²) in [6.07, 6.45) is 4.49. The standard InChI is InChI=1S/C32H38IN7O8/c1-23-36-22-40(37-23)30-28-27(26(20-35-30)48-18-17-46-14-13-44-11-12-45-15-16-47-21-33)25(19-34-28)29(41)32(43)39-9-7-38(8-10-39)31(42)24-5-3-2-4-6-24/h2-6,19-20,22,34H,7-18,21H2,1H3. The van der Waals surface area contributed by atoms with E-state index in [9.17, 15) is 14.4 Å². The van der Waals surface area contributed by atoms with Crippen molar-refractivity contribution in [3.63, 3.8) is 0 Å². The first-order valence-electron chi connectivity index (χ1n) is 15.5. The number of ether oxygens (including phenoxy) is 5. The van der Waals surface area contributed by atoms with Crippen LogP contribution in [0.4, 0.5) is 0 Å². The van der Waals surface area contributed by atoms with Gasteiger partial charge in [0.2, 0.25) is 0 Å². The van der Waals surface area contributed by atoms with Crippen molar-refractivity contribution in [2.24, 2.45) is 0 Å². The van der Waals surface area contributed by atoms with Gasteiger partial charge in [-0.1, -0.05) is 40.8 Å². The molecule has 3 aromatic heterocycles. The van der Waals surface area contributed by atoms with E-state index in [0.717, 1.165) is 0 Å². The highest BCUT2D eigenvalue weighted by atomic mass is 127. The first-order chi connectivity index (χ1) is 23.5. The number of H-pyrrole nitrogens is 1. The van der Waals surface area contributed by atoms with Gasteiger partial charge in [0, 0.05) is 37.9 Å². The second-order valence-electron chi connectivity index (χ2n) is 10.6. The van der Waals surface area contributed by atoms with E-state index in [1.54, 1.807) is 24.0 Å². The van der Waals surface area contributed by atoms with Gasteiger partial charge in [-0.2, -0.15) is 5.10 Å². The Bertz CT molecular complexity index is 1660. The Kier molecular flexibility index (Phi) is 13.2. The molecule has 0 unspecified atom stereocenters. The fraction of sp³-hybridized carbons (Fsp3) is 0.438. The number of rotatable bonds is 18. The Morgan fingerprint density at radius 1 is 0.833 bits per heavy atom. The summed E-state index contributed by atoms with van der Waals surface area (Å²) in [5.74, 6) is -0.215. The number of carbonyl (C=O) groups excluding carboxylic acids is 3. The van der Waals surface area contributed by atoms with E-state index in [1.807, 2.05) is 18.2 Å². The Balaban J connectivity index is 1.19. The molecule has 256 valence electrons. The van der Waals surface area contributed by atoms with Crippen molar-refractivity contribution in [2.75, 3.05) is 83.6 Å². The van der Waals surface area contributed by atoms with Gasteiger partial charge in [-0.25, -0.2) is 14.6 Å². The quantitative estimate of drug-likeness (QED) is 0.0520. The minimum Gasteiger partial charge on any atom is -0.489 e. The van der Waals surface area contributed by atoms with Crippen LogP contribution in [-0.2, 0) is 23.7 Å². The molecule has 4 aromatic rings. The van der Waals surface area contributed by atoms with Crippen molar-refractivity contribution in [2.45, 2.75) is 6.92 Å². The van der Waals surface area contributed by atoms with Crippen molar-refractivity contribution in [1.82, 2.24) is 34.5 Å². The predicted molar refractivity (Wildman–Crippen MR) is 182 cm³/mol. The Morgan fingerprint density at radius 2 is 1.46 bits per heavy atom. The maximum absolute atomic E-state index is 13.7. The number of aryl methyl sites for hydroxylation is 1. The molecule has 0 atom stereocenters. The molecule has 1 fully saturated rings. The summed E-state index contributed by atoms with van der Waals surface area (Å²) in [5.41, 5.74) is 1.19. The molecule has 2 amide bonds. The molecule has 1 aromatic carbocycles. The second-order valence-corrected chi connectivity index (χ2v) is 11.2. The summed E-state index contributed by atoms with van der Waals surface area (Å²) < 4.78 is 29.9. The van der Waals surface area contributed by atoms with E-state index in [-0.39, 0.29) is 37.8 Å². The highest BCUT2D eigenvalue weighted by Crippen LogP contribution is 2.32. The summed E-state index contributed by atoms with van der Waals surface area (Å²) in [6, 6.07) is 8.99. The lowest BCUT2D eigenvalue weighted by molar-refractivity contribution is -0.127. The molecule has 0 saturated carbocycles. The fourth-order valence-electron chi connectivity index (χ4n) is 5.07. The first kappa shape index (κ1) is 35.3. The second kappa shape index (κ2) is 18.0. The molecule has 1 aliphatic rings. The Labute approximate surface area is 291 Å². The van der Waals surface area contributed by atoms with Crippen molar-refractivity contribution in [3.8, 4) is 11.6 Å². The largest absolute Gasteiger partial charge is 0.489 e. The number of halogens is 1. The third-order valence-corrected chi connectivity index (χ3v) is 7.91. The van der Waals surface area contributed by atoms with Crippen molar-refractivity contribution >= 4 is 51.1 Å². The number of Topliss-reactive ketones (excluding diaryl/α,β-unsaturated/α-hetero) is 1. The SMILES string of the molecule is Cc1ncn(-c2ncc(OCCOCCOCCOCCOCI)c3c(C(=O)C(=O)N4CCN(C(=O)c5ccccc5)CC4)c[nH]c23)n1. The van der Waals surface area contributed by atoms with Crippen LogP contribution in [-0.4, -0.2) is 136 Å². The number of aromatic nitrogens is 5. The van der Waals surface area contributed by atoms with Crippen LogP contribution in [0.2, 0.25) is 0 Å². The highest BCUT2D eigenvalue weighted by Gasteiger charge is 2.31. The number of hydrogen-bond donors (Lipinski definition) is 1. The van der Waals surface area contributed by atoms with Gasteiger partial charge in [-0.15, -0.1) is 0 Å².